The van der Waals surface area contributed by atoms with E-state index in [2.05, 4.69) is 43.5 Å². The lowest BCUT2D eigenvalue weighted by atomic mass is 10.1. The van der Waals surface area contributed by atoms with E-state index in [0.29, 0.717) is 78.5 Å². The van der Waals surface area contributed by atoms with E-state index < -0.39 is 11.9 Å². The molecule has 0 saturated carbocycles. The molecule has 0 bridgehead atoms. The van der Waals surface area contributed by atoms with Gasteiger partial charge >= 0.3 is 6.18 Å². The maximum absolute atomic E-state index is 13.0. The Labute approximate surface area is 412 Å². The van der Waals surface area contributed by atoms with Gasteiger partial charge in [-0.25, -0.2) is 9.99 Å². The van der Waals surface area contributed by atoms with E-state index in [0.717, 1.165) is 68.1 Å². The van der Waals surface area contributed by atoms with Crippen LogP contribution in [-0.2, 0) is 14.4 Å². The molecule has 3 aromatic rings. The van der Waals surface area contributed by atoms with Crippen LogP contribution in [-0.4, -0.2) is 76.1 Å². The summed E-state index contributed by atoms with van der Waals surface area (Å²) in [5, 5.41) is 7.88. The number of fused-ring (bicyclic) bond motifs is 1. The standard InChI is InChI=1S/C24H35ClN2O3.C16H17F3N4.C5H12NOP.C4H11N.C2H6/c1-5-8-11-20(28)12-9-16-27(15-7-3)24(30)21-14-13-19(17-22(21)25)26-23(29)18(4)10-6-2;1-4-11(2)8-10-23(22-12(3)16(17,18)19)15-6-5-13-14(21-15)7-9-20-13;6-4-2-1-3-5(7)8;1-2-3-4-5;1-2/h10,13-14,17H,5-9,11-12,15-16H2,1-4H3,(H,26,29);4-10,20H,1-3H3;1-4,6,8H2;2-5H2,1H3;1-2H3/b18-10-;10-8+,11-4+,22-12+;;;. The molecular formula is C51H81ClF3N8O4P. The van der Waals surface area contributed by atoms with Gasteiger partial charge in [0.25, 0.3) is 11.8 Å². The van der Waals surface area contributed by atoms with Crippen molar-refractivity contribution in [3.8, 4) is 0 Å². The summed E-state index contributed by atoms with van der Waals surface area (Å²) in [6.45, 7) is 21.2. The Morgan fingerprint density at radius 2 is 1.51 bits per heavy atom. The molecule has 382 valence electrons. The highest BCUT2D eigenvalue weighted by Gasteiger charge is 2.33. The van der Waals surface area contributed by atoms with Crippen molar-refractivity contribution in [2.75, 3.05) is 36.5 Å². The average Bonchev–Trinajstić information content (AvgIpc) is 3.79. The smallest absolute Gasteiger partial charge is 0.360 e. The summed E-state index contributed by atoms with van der Waals surface area (Å²) < 4.78 is 38.3. The zero-order valence-electron chi connectivity index (χ0n) is 42.3. The first-order valence-electron chi connectivity index (χ1n) is 23.8. The monoisotopic (exact) mass is 993 g/mol. The van der Waals surface area contributed by atoms with Gasteiger partial charge in [0.05, 0.1) is 21.6 Å². The molecule has 2 heterocycles. The number of carbonyl (C=O) groups excluding carboxylic acids is 4. The molecule has 12 nitrogen and oxygen atoms in total. The maximum Gasteiger partial charge on any atom is 0.430 e. The predicted molar refractivity (Wildman–Crippen MR) is 283 cm³/mol. The molecule has 0 fully saturated rings. The molecule has 0 spiro atoms. The van der Waals surface area contributed by atoms with Gasteiger partial charge in [-0.2, -0.15) is 18.3 Å². The Kier molecular flexibility index (Phi) is 37.7. The fraction of sp³-hybridized carbons (Fsp3) is 0.529. The van der Waals surface area contributed by atoms with Gasteiger partial charge in [-0.15, -0.1) is 0 Å². The van der Waals surface area contributed by atoms with Crippen LogP contribution in [0.5, 0.6) is 0 Å². The van der Waals surface area contributed by atoms with Crippen LogP contribution < -0.4 is 21.8 Å². The van der Waals surface area contributed by atoms with Crippen molar-refractivity contribution >= 4 is 72.2 Å². The number of nitrogens with two attached hydrogens (primary N) is 2. The summed E-state index contributed by atoms with van der Waals surface area (Å²) in [5.74, 6) is 0.224. The molecule has 68 heavy (non-hydrogen) atoms. The number of anilines is 2. The zero-order valence-corrected chi connectivity index (χ0v) is 44.2. The van der Waals surface area contributed by atoms with Crippen molar-refractivity contribution in [1.29, 1.82) is 0 Å². The van der Waals surface area contributed by atoms with Crippen LogP contribution in [0, 0.1) is 0 Å². The number of Topliss-reactive ketones (excluding diaryl/α,β-unsaturated/α-hetero) is 1. The average molecular weight is 994 g/mol. The molecule has 0 aliphatic rings. The molecule has 17 heteroatoms. The van der Waals surface area contributed by atoms with Gasteiger partial charge in [0.15, 0.2) is 5.82 Å². The van der Waals surface area contributed by atoms with Crippen LogP contribution in [0.1, 0.15) is 157 Å². The third-order valence-electron chi connectivity index (χ3n) is 9.46. The summed E-state index contributed by atoms with van der Waals surface area (Å²) in [6, 6.07) is 10.0. The van der Waals surface area contributed by atoms with Crippen molar-refractivity contribution < 1.29 is 32.3 Å². The summed E-state index contributed by atoms with van der Waals surface area (Å²) in [5.41, 5.74) is 13.5. The number of amides is 2. The van der Waals surface area contributed by atoms with E-state index in [4.69, 9.17) is 23.1 Å². The topological polar surface area (TPSA) is 180 Å². The van der Waals surface area contributed by atoms with E-state index in [1.165, 1.54) is 19.0 Å². The number of pyridine rings is 1. The number of nitrogens with zero attached hydrogens (tertiary/aromatic N) is 4. The van der Waals surface area contributed by atoms with Crippen LogP contribution in [0.25, 0.3) is 11.0 Å². The first-order chi connectivity index (χ1) is 32.3. The summed E-state index contributed by atoms with van der Waals surface area (Å²) >= 11 is 6.37. The molecule has 1 unspecified atom stereocenters. The number of aromatic nitrogens is 2. The SMILES string of the molecule is C/C=C(C)/C=C/N(/N=C(\C)C(F)(F)F)c1ccc2[nH]ccc2n1.CC.CC/C=C(/C)C(=O)Nc1ccc(C(=O)N(CCC)CCCC(=O)CCCC)c(Cl)c1.CCCCN.NCCCCC(=O)P. The lowest BCUT2D eigenvalue weighted by molar-refractivity contribution is -0.119. The Hall–Kier alpha value is -4.69. The van der Waals surface area contributed by atoms with Crippen LogP contribution in [0.4, 0.5) is 24.7 Å². The van der Waals surface area contributed by atoms with E-state index in [-0.39, 0.29) is 23.1 Å². The van der Waals surface area contributed by atoms with Gasteiger partial charge < -0.3 is 26.7 Å². The summed E-state index contributed by atoms with van der Waals surface area (Å²) in [7, 11) is 2.15. The lowest BCUT2D eigenvalue weighted by Crippen LogP contribution is -2.33. The minimum Gasteiger partial charge on any atom is -0.360 e. The molecule has 0 aliphatic carbocycles. The Morgan fingerprint density at radius 1 is 0.868 bits per heavy atom. The van der Waals surface area contributed by atoms with E-state index in [1.807, 2.05) is 53.7 Å². The zero-order chi connectivity index (χ0) is 52.1. The van der Waals surface area contributed by atoms with Crippen molar-refractivity contribution in [3.63, 3.8) is 0 Å². The normalized spacial score (nSPS) is 11.5. The number of rotatable bonds is 23. The van der Waals surface area contributed by atoms with Gasteiger partial charge in [-0.05, 0) is 128 Å². The van der Waals surface area contributed by atoms with Crippen molar-refractivity contribution in [3.05, 3.63) is 88.8 Å². The third kappa shape index (κ3) is 29.3. The van der Waals surface area contributed by atoms with E-state index >= 15 is 0 Å². The number of ketones is 1. The van der Waals surface area contributed by atoms with Gasteiger partial charge in [-0.1, -0.05) is 92.9 Å². The number of hydrogen-bond acceptors (Lipinski definition) is 9. The molecule has 0 saturated heterocycles. The van der Waals surface area contributed by atoms with Gasteiger partial charge in [-0.3, -0.25) is 19.2 Å². The highest BCUT2D eigenvalue weighted by atomic mass is 35.5. The Bertz CT molecular complexity index is 2030. The minimum absolute atomic E-state index is 0.150. The molecule has 6 N–H and O–H groups in total. The highest BCUT2D eigenvalue weighted by Crippen LogP contribution is 2.24. The number of carbonyl (C=O) groups is 4. The van der Waals surface area contributed by atoms with Crippen molar-refractivity contribution in [2.24, 2.45) is 16.6 Å². The molecule has 1 aromatic carbocycles. The van der Waals surface area contributed by atoms with E-state index in [9.17, 15) is 32.3 Å². The Balaban J connectivity index is 0. The first kappa shape index (κ1) is 65.4. The summed E-state index contributed by atoms with van der Waals surface area (Å²) in [4.78, 5) is 56.3. The second kappa shape index (κ2) is 39.2. The number of unbranched alkanes of at least 4 members (excludes halogenated alkanes) is 3. The quantitative estimate of drug-likeness (QED) is 0.0181. The number of nitrogens with one attached hydrogen (secondary N) is 2. The number of aromatic amines is 1. The molecule has 2 amide bonds. The van der Waals surface area contributed by atoms with Crippen molar-refractivity contribution in [2.45, 2.75) is 152 Å². The Morgan fingerprint density at radius 3 is 2.04 bits per heavy atom. The minimum atomic E-state index is -4.49. The fourth-order valence-corrected chi connectivity index (χ4v) is 5.94. The third-order valence-corrected chi connectivity index (χ3v) is 10.1. The van der Waals surface area contributed by atoms with Gasteiger partial charge in [0, 0.05) is 56.0 Å². The molecular weight excluding hydrogens is 912 g/mol. The second-order valence-electron chi connectivity index (χ2n) is 15.3. The van der Waals surface area contributed by atoms with Gasteiger partial charge in [0.2, 0.25) is 0 Å². The van der Waals surface area contributed by atoms with Crippen LogP contribution in [0.3, 0.4) is 0 Å². The number of benzene rings is 1. The molecule has 0 aliphatic heterocycles. The highest BCUT2D eigenvalue weighted by molar-refractivity contribution is 7.40. The molecule has 1 atom stereocenters. The van der Waals surface area contributed by atoms with Gasteiger partial charge in [0.1, 0.15) is 17.0 Å². The second-order valence-corrected chi connectivity index (χ2v) is 16.3. The number of allylic oxidation sites excluding steroid dienone is 4. The number of alkyl halides is 3. The molecule has 2 aromatic heterocycles. The van der Waals surface area contributed by atoms with E-state index in [1.54, 1.807) is 60.5 Å². The fourth-order valence-electron chi connectivity index (χ4n) is 5.48. The molecule has 3 rings (SSSR count). The summed E-state index contributed by atoms with van der Waals surface area (Å²) in [6.07, 6.45) is 14.3. The number of H-pyrrole nitrogens is 1. The van der Waals surface area contributed by atoms with Crippen LogP contribution in [0.15, 0.2) is 83.3 Å². The number of hydrazone groups is 1. The maximum atomic E-state index is 13.0. The van der Waals surface area contributed by atoms with Crippen LogP contribution >= 0.6 is 20.8 Å². The molecule has 0 radical (unpaired) electrons. The number of halogens is 4. The lowest BCUT2D eigenvalue weighted by Gasteiger charge is -2.23. The first-order valence-corrected chi connectivity index (χ1v) is 24.7. The van der Waals surface area contributed by atoms with Crippen LogP contribution in [0.2, 0.25) is 5.02 Å². The largest absolute Gasteiger partial charge is 0.430 e. The van der Waals surface area contributed by atoms with Crippen molar-refractivity contribution in [1.82, 2.24) is 14.9 Å². The predicted octanol–water partition coefficient (Wildman–Crippen LogP) is 13.1. The number of hydrogen-bond donors (Lipinski definition) is 4.